The van der Waals surface area contributed by atoms with E-state index >= 15 is 0 Å². The van der Waals surface area contributed by atoms with Crippen molar-refractivity contribution in [2.45, 2.75) is 32.4 Å². The number of rotatable bonds is 1. The van der Waals surface area contributed by atoms with Crippen LogP contribution in [0.3, 0.4) is 0 Å². The van der Waals surface area contributed by atoms with Crippen molar-refractivity contribution in [2.24, 2.45) is 5.92 Å². The molecular weight excluding hydrogens is 239 g/mol. The van der Waals surface area contributed by atoms with Gasteiger partial charge in [0.15, 0.2) is 0 Å². The molecule has 1 aromatic rings. The summed E-state index contributed by atoms with van der Waals surface area (Å²) in [6.45, 7) is 5.80. The largest absolute Gasteiger partial charge is 0.416 e. The van der Waals surface area contributed by atoms with Crippen LogP contribution in [0.15, 0.2) is 18.2 Å². The highest BCUT2D eigenvalue weighted by atomic mass is 19.4. The molecule has 100 valence electrons. The van der Waals surface area contributed by atoms with Gasteiger partial charge in [-0.3, -0.25) is 0 Å². The Morgan fingerprint density at radius 1 is 1.28 bits per heavy atom. The van der Waals surface area contributed by atoms with Gasteiger partial charge in [0.1, 0.15) is 0 Å². The van der Waals surface area contributed by atoms with Gasteiger partial charge in [0.05, 0.1) is 5.56 Å². The monoisotopic (exact) mass is 257 g/mol. The number of hydrogen-bond acceptors (Lipinski definition) is 1. The number of hydrogen-bond donors (Lipinski definition) is 1. The minimum absolute atomic E-state index is 0.369. The Balaban J connectivity index is 2.29. The standard InChI is InChI=1S/C14H18F3N/c1-9-7-11(14(15,16)17)3-4-12(9)13-5-6-18-8-10(13)2/h3-4,7,10,13,18H,5-6,8H2,1-2H3. The molecule has 0 aliphatic carbocycles. The van der Waals surface area contributed by atoms with E-state index in [0.717, 1.165) is 30.6 Å². The van der Waals surface area contributed by atoms with Gasteiger partial charge in [-0.05, 0) is 61.5 Å². The maximum absolute atomic E-state index is 12.6. The van der Waals surface area contributed by atoms with Gasteiger partial charge in [-0.25, -0.2) is 0 Å². The summed E-state index contributed by atoms with van der Waals surface area (Å²) in [7, 11) is 0. The van der Waals surface area contributed by atoms with Crippen molar-refractivity contribution in [1.29, 1.82) is 0 Å². The number of aryl methyl sites for hydroxylation is 1. The molecule has 1 fully saturated rings. The lowest BCUT2D eigenvalue weighted by molar-refractivity contribution is -0.137. The van der Waals surface area contributed by atoms with Crippen molar-refractivity contribution >= 4 is 0 Å². The van der Waals surface area contributed by atoms with Crippen molar-refractivity contribution in [3.63, 3.8) is 0 Å². The van der Waals surface area contributed by atoms with Gasteiger partial charge in [-0.2, -0.15) is 13.2 Å². The van der Waals surface area contributed by atoms with E-state index in [1.165, 1.54) is 12.1 Å². The van der Waals surface area contributed by atoms with Crippen LogP contribution in [-0.2, 0) is 6.18 Å². The highest BCUT2D eigenvalue weighted by Gasteiger charge is 2.31. The lowest BCUT2D eigenvalue weighted by Crippen LogP contribution is -2.34. The first-order valence-electron chi connectivity index (χ1n) is 6.28. The second kappa shape index (κ2) is 4.92. The zero-order chi connectivity index (χ0) is 13.3. The molecule has 1 aliphatic rings. The second-order valence-corrected chi connectivity index (χ2v) is 5.15. The molecule has 1 aromatic carbocycles. The Morgan fingerprint density at radius 3 is 2.56 bits per heavy atom. The van der Waals surface area contributed by atoms with E-state index in [9.17, 15) is 13.2 Å². The first-order valence-corrected chi connectivity index (χ1v) is 6.28. The van der Waals surface area contributed by atoms with E-state index in [1.54, 1.807) is 13.0 Å². The summed E-state index contributed by atoms with van der Waals surface area (Å²) in [5.41, 5.74) is 1.27. The van der Waals surface area contributed by atoms with E-state index in [0.29, 0.717) is 11.8 Å². The summed E-state index contributed by atoms with van der Waals surface area (Å²) in [6.07, 6.45) is -3.25. The molecule has 1 nitrogen and oxygen atoms in total. The lowest BCUT2D eigenvalue weighted by atomic mass is 9.80. The molecule has 1 N–H and O–H groups in total. The van der Waals surface area contributed by atoms with Crippen LogP contribution in [-0.4, -0.2) is 13.1 Å². The molecule has 2 unspecified atom stereocenters. The van der Waals surface area contributed by atoms with Crippen LogP contribution in [0.5, 0.6) is 0 Å². The predicted octanol–water partition coefficient (Wildman–Crippen LogP) is 3.73. The number of halogens is 3. The predicted molar refractivity (Wildman–Crippen MR) is 65.6 cm³/mol. The van der Waals surface area contributed by atoms with Crippen LogP contribution in [0.25, 0.3) is 0 Å². The fourth-order valence-electron chi connectivity index (χ4n) is 2.74. The molecule has 1 saturated heterocycles. The van der Waals surface area contributed by atoms with Crippen LogP contribution < -0.4 is 5.32 Å². The fourth-order valence-corrected chi connectivity index (χ4v) is 2.74. The van der Waals surface area contributed by atoms with Gasteiger partial charge < -0.3 is 5.32 Å². The molecule has 0 amide bonds. The van der Waals surface area contributed by atoms with Gasteiger partial charge in [0.2, 0.25) is 0 Å². The molecule has 0 aromatic heterocycles. The fraction of sp³-hybridized carbons (Fsp3) is 0.571. The summed E-state index contributed by atoms with van der Waals surface area (Å²) in [5.74, 6) is 0.836. The average Bonchev–Trinajstić information content (AvgIpc) is 2.29. The molecular formula is C14H18F3N. The first kappa shape index (κ1) is 13.4. The molecule has 0 radical (unpaired) electrons. The summed E-state index contributed by atoms with van der Waals surface area (Å²) in [4.78, 5) is 0. The summed E-state index contributed by atoms with van der Waals surface area (Å²) < 4.78 is 37.8. The normalized spacial score (nSPS) is 25.2. The Hall–Kier alpha value is -1.03. The van der Waals surface area contributed by atoms with Gasteiger partial charge in [0.25, 0.3) is 0 Å². The zero-order valence-electron chi connectivity index (χ0n) is 10.6. The summed E-state index contributed by atoms with van der Waals surface area (Å²) >= 11 is 0. The van der Waals surface area contributed by atoms with Crippen LogP contribution in [0.4, 0.5) is 13.2 Å². The zero-order valence-corrected chi connectivity index (χ0v) is 10.6. The molecule has 18 heavy (non-hydrogen) atoms. The van der Waals surface area contributed by atoms with Crippen molar-refractivity contribution in [2.75, 3.05) is 13.1 Å². The molecule has 1 aliphatic heterocycles. The molecule has 0 saturated carbocycles. The van der Waals surface area contributed by atoms with E-state index < -0.39 is 11.7 Å². The Kier molecular flexibility index (Phi) is 3.66. The van der Waals surface area contributed by atoms with Crippen LogP contribution in [0.1, 0.15) is 36.0 Å². The van der Waals surface area contributed by atoms with E-state index in [-0.39, 0.29) is 0 Å². The van der Waals surface area contributed by atoms with Crippen LogP contribution >= 0.6 is 0 Å². The smallest absolute Gasteiger partial charge is 0.316 e. The number of piperidine rings is 1. The molecule has 2 atom stereocenters. The minimum Gasteiger partial charge on any atom is -0.316 e. The third kappa shape index (κ3) is 2.69. The van der Waals surface area contributed by atoms with Gasteiger partial charge in [0, 0.05) is 0 Å². The Morgan fingerprint density at radius 2 is 2.00 bits per heavy atom. The van der Waals surface area contributed by atoms with Crippen molar-refractivity contribution in [3.05, 3.63) is 34.9 Å². The summed E-state index contributed by atoms with van der Waals surface area (Å²) in [6, 6.07) is 4.13. The van der Waals surface area contributed by atoms with Crippen molar-refractivity contribution < 1.29 is 13.2 Å². The molecule has 0 bridgehead atoms. The third-order valence-corrected chi connectivity index (χ3v) is 3.78. The summed E-state index contributed by atoms with van der Waals surface area (Å²) in [5, 5.41) is 3.31. The van der Waals surface area contributed by atoms with Crippen LogP contribution in [0, 0.1) is 12.8 Å². The van der Waals surface area contributed by atoms with Crippen molar-refractivity contribution in [1.82, 2.24) is 5.32 Å². The van der Waals surface area contributed by atoms with Gasteiger partial charge >= 0.3 is 6.18 Å². The van der Waals surface area contributed by atoms with Crippen molar-refractivity contribution in [3.8, 4) is 0 Å². The average molecular weight is 257 g/mol. The highest BCUT2D eigenvalue weighted by Crippen LogP contribution is 2.35. The minimum atomic E-state index is -4.25. The Bertz CT molecular complexity index is 426. The van der Waals surface area contributed by atoms with E-state index in [4.69, 9.17) is 0 Å². The molecule has 2 rings (SSSR count). The maximum Gasteiger partial charge on any atom is 0.416 e. The molecule has 1 heterocycles. The van der Waals surface area contributed by atoms with Crippen LogP contribution in [0.2, 0.25) is 0 Å². The van der Waals surface area contributed by atoms with E-state index in [1.807, 2.05) is 0 Å². The third-order valence-electron chi connectivity index (χ3n) is 3.78. The topological polar surface area (TPSA) is 12.0 Å². The lowest BCUT2D eigenvalue weighted by Gasteiger charge is -2.31. The second-order valence-electron chi connectivity index (χ2n) is 5.15. The Labute approximate surface area is 105 Å². The SMILES string of the molecule is Cc1cc(C(F)(F)F)ccc1C1CCNCC1C. The first-order chi connectivity index (χ1) is 8.39. The molecule has 0 spiro atoms. The van der Waals surface area contributed by atoms with Gasteiger partial charge in [-0.15, -0.1) is 0 Å². The quantitative estimate of drug-likeness (QED) is 0.808. The highest BCUT2D eigenvalue weighted by molar-refractivity contribution is 5.35. The number of benzene rings is 1. The number of nitrogens with one attached hydrogen (secondary N) is 1. The van der Waals surface area contributed by atoms with E-state index in [2.05, 4.69) is 12.2 Å². The maximum atomic E-state index is 12.6. The number of alkyl halides is 3. The van der Waals surface area contributed by atoms with Gasteiger partial charge in [-0.1, -0.05) is 13.0 Å². The molecule has 4 heteroatoms.